The molecule has 0 aromatic heterocycles. The van der Waals surface area contributed by atoms with E-state index in [4.69, 9.17) is 14.2 Å². The maximum Gasteiger partial charge on any atom is 0.306 e. The van der Waals surface area contributed by atoms with Crippen molar-refractivity contribution >= 4 is 17.9 Å². The fourth-order valence-corrected chi connectivity index (χ4v) is 7.58. The van der Waals surface area contributed by atoms with Gasteiger partial charge in [0.2, 0.25) is 0 Å². The van der Waals surface area contributed by atoms with Crippen LogP contribution in [0.2, 0.25) is 0 Å². The first-order valence-corrected chi connectivity index (χ1v) is 27.4. The molecule has 65 heavy (non-hydrogen) atoms. The summed E-state index contributed by atoms with van der Waals surface area (Å²) in [6.45, 7) is 6.49. The predicted molar refractivity (Wildman–Crippen MR) is 279 cm³/mol. The molecular formula is C59H102O6. The van der Waals surface area contributed by atoms with Crippen LogP contribution in [-0.2, 0) is 28.6 Å². The molecule has 1 atom stereocenters. The fraction of sp³-hybridized carbons (Fsp3) is 0.746. The summed E-state index contributed by atoms with van der Waals surface area (Å²) in [6, 6.07) is 0. The summed E-state index contributed by atoms with van der Waals surface area (Å²) in [6.07, 6.45) is 67.4. The maximum absolute atomic E-state index is 12.8. The van der Waals surface area contributed by atoms with E-state index in [1.165, 1.54) is 116 Å². The van der Waals surface area contributed by atoms with E-state index in [2.05, 4.69) is 93.7 Å². The number of carbonyl (C=O) groups excluding carboxylic acids is 3. The van der Waals surface area contributed by atoms with Gasteiger partial charge in [0.05, 0.1) is 0 Å². The van der Waals surface area contributed by atoms with E-state index >= 15 is 0 Å². The van der Waals surface area contributed by atoms with Gasteiger partial charge in [0, 0.05) is 19.3 Å². The highest BCUT2D eigenvalue weighted by Gasteiger charge is 2.19. The molecule has 0 fully saturated rings. The first-order valence-electron chi connectivity index (χ1n) is 27.4. The second-order valence-corrected chi connectivity index (χ2v) is 18.1. The zero-order valence-corrected chi connectivity index (χ0v) is 42.7. The van der Waals surface area contributed by atoms with E-state index in [1.54, 1.807) is 0 Å². The molecule has 6 nitrogen and oxygen atoms in total. The van der Waals surface area contributed by atoms with Crippen molar-refractivity contribution in [2.24, 2.45) is 0 Å². The van der Waals surface area contributed by atoms with Gasteiger partial charge in [-0.05, 0) is 89.9 Å². The van der Waals surface area contributed by atoms with Gasteiger partial charge in [-0.3, -0.25) is 14.4 Å². The molecule has 0 aliphatic carbocycles. The molecule has 6 heteroatoms. The van der Waals surface area contributed by atoms with Gasteiger partial charge in [-0.15, -0.1) is 0 Å². The average molecular weight is 907 g/mol. The quantitative estimate of drug-likeness (QED) is 0.0262. The maximum atomic E-state index is 12.8. The highest BCUT2D eigenvalue weighted by molar-refractivity contribution is 5.71. The first kappa shape index (κ1) is 61.9. The number of unbranched alkanes of at least 4 members (excludes halogenated alkanes) is 26. The zero-order valence-electron chi connectivity index (χ0n) is 42.7. The summed E-state index contributed by atoms with van der Waals surface area (Å²) in [7, 11) is 0. The number of allylic oxidation sites excluding steroid dienone is 12. The molecule has 0 bridgehead atoms. The number of hydrogen-bond donors (Lipinski definition) is 0. The molecule has 0 amide bonds. The molecule has 0 aromatic rings. The van der Waals surface area contributed by atoms with Gasteiger partial charge in [0.15, 0.2) is 6.10 Å². The molecule has 0 saturated heterocycles. The Morgan fingerprint density at radius 3 is 0.969 bits per heavy atom. The van der Waals surface area contributed by atoms with Crippen LogP contribution in [0.15, 0.2) is 72.9 Å². The summed E-state index contributed by atoms with van der Waals surface area (Å²) in [5, 5.41) is 0. The summed E-state index contributed by atoms with van der Waals surface area (Å²) in [4.78, 5) is 38.0. The number of ether oxygens (including phenoxy) is 3. The summed E-state index contributed by atoms with van der Waals surface area (Å²) >= 11 is 0. The molecular weight excluding hydrogens is 805 g/mol. The van der Waals surface area contributed by atoms with E-state index in [0.29, 0.717) is 19.3 Å². The van der Waals surface area contributed by atoms with Crippen LogP contribution in [0.4, 0.5) is 0 Å². The van der Waals surface area contributed by atoms with Gasteiger partial charge in [0.25, 0.3) is 0 Å². The van der Waals surface area contributed by atoms with Crippen LogP contribution in [0, 0.1) is 0 Å². The normalized spacial score (nSPS) is 12.6. The molecule has 0 aliphatic rings. The highest BCUT2D eigenvalue weighted by atomic mass is 16.6. The van der Waals surface area contributed by atoms with Crippen molar-refractivity contribution in [2.75, 3.05) is 13.2 Å². The third-order valence-electron chi connectivity index (χ3n) is 11.7. The lowest BCUT2D eigenvalue weighted by Crippen LogP contribution is -2.30. The Morgan fingerprint density at radius 1 is 0.323 bits per heavy atom. The summed E-state index contributed by atoms with van der Waals surface area (Å²) in [5.41, 5.74) is 0. The number of carbonyl (C=O) groups is 3. The van der Waals surface area contributed by atoms with Crippen molar-refractivity contribution in [3.63, 3.8) is 0 Å². The minimum absolute atomic E-state index is 0.0900. The van der Waals surface area contributed by atoms with Gasteiger partial charge in [-0.2, -0.15) is 0 Å². The van der Waals surface area contributed by atoms with Crippen LogP contribution in [-0.4, -0.2) is 37.2 Å². The molecule has 0 aromatic carbocycles. The van der Waals surface area contributed by atoms with E-state index in [1.807, 2.05) is 0 Å². The molecule has 1 unspecified atom stereocenters. The van der Waals surface area contributed by atoms with Gasteiger partial charge in [0.1, 0.15) is 13.2 Å². The Hall–Kier alpha value is -3.15. The van der Waals surface area contributed by atoms with Crippen LogP contribution in [0.25, 0.3) is 0 Å². The monoisotopic (exact) mass is 907 g/mol. The molecule has 0 aliphatic heterocycles. The van der Waals surface area contributed by atoms with Gasteiger partial charge < -0.3 is 14.2 Å². The van der Waals surface area contributed by atoms with Crippen molar-refractivity contribution < 1.29 is 28.6 Å². The second-order valence-electron chi connectivity index (χ2n) is 18.1. The van der Waals surface area contributed by atoms with Crippen LogP contribution in [0.3, 0.4) is 0 Å². The molecule has 374 valence electrons. The fourth-order valence-electron chi connectivity index (χ4n) is 7.58. The zero-order chi connectivity index (χ0) is 47.2. The van der Waals surface area contributed by atoms with Crippen molar-refractivity contribution in [3.8, 4) is 0 Å². The van der Waals surface area contributed by atoms with E-state index < -0.39 is 6.10 Å². The SMILES string of the molecule is CC/C=C\C/C=C\C/C=C\C/C=C\C/C=C\CCCCCC(=O)OCC(COC(=O)CCCCCCCCCCCCCCCC)OC(=O)CCCCC/C=C\CCCCCCCCC. The molecule has 0 saturated carbocycles. The lowest BCUT2D eigenvalue weighted by atomic mass is 10.0. The van der Waals surface area contributed by atoms with Crippen molar-refractivity contribution in [2.45, 2.75) is 271 Å². The molecule has 0 radical (unpaired) electrons. The molecule has 0 rings (SSSR count). The Morgan fingerprint density at radius 2 is 0.600 bits per heavy atom. The Labute approximate surface area is 402 Å². The predicted octanol–water partition coefficient (Wildman–Crippen LogP) is 18.2. The number of esters is 3. The minimum atomic E-state index is -0.795. The molecule has 0 spiro atoms. The van der Waals surface area contributed by atoms with Crippen LogP contribution >= 0.6 is 0 Å². The number of hydrogen-bond acceptors (Lipinski definition) is 6. The second kappa shape index (κ2) is 53.5. The average Bonchev–Trinajstić information content (AvgIpc) is 3.30. The largest absolute Gasteiger partial charge is 0.462 e. The summed E-state index contributed by atoms with van der Waals surface area (Å²) in [5.74, 6) is -0.933. The third-order valence-corrected chi connectivity index (χ3v) is 11.7. The van der Waals surface area contributed by atoms with Crippen molar-refractivity contribution in [1.29, 1.82) is 0 Å². The first-order chi connectivity index (χ1) is 32.0. The topological polar surface area (TPSA) is 78.9 Å². The molecule has 0 heterocycles. The smallest absolute Gasteiger partial charge is 0.306 e. The Bertz CT molecular complexity index is 1230. The van der Waals surface area contributed by atoms with Crippen LogP contribution < -0.4 is 0 Å². The lowest BCUT2D eigenvalue weighted by molar-refractivity contribution is -0.167. The van der Waals surface area contributed by atoms with E-state index in [9.17, 15) is 14.4 Å². The van der Waals surface area contributed by atoms with Gasteiger partial charge in [-0.25, -0.2) is 0 Å². The van der Waals surface area contributed by atoms with E-state index in [-0.39, 0.29) is 31.1 Å². The minimum Gasteiger partial charge on any atom is -0.462 e. The Balaban J connectivity index is 4.44. The van der Waals surface area contributed by atoms with Gasteiger partial charge in [-0.1, -0.05) is 229 Å². The van der Waals surface area contributed by atoms with Crippen molar-refractivity contribution in [1.82, 2.24) is 0 Å². The Kier molecular flexibility index (Phi) is 50.9. The van der Waals surface area contributed by atoms with Gasteiger partial charge >= 0.3 is 17.9 Å². The highest BCUT2D eigenvalue weighted by Crippen LogP contribution is 2.15. The summed E-state index contributed by atoms with van der Waals surface area (Å²) < 4.78 is 16.8. The standard InChI is InChI=1S/C59H102O6/c1-4-7-10-13-16-19-22-25-28-29-30-31-32-35-37-40-43-46-49-52-58(61)64-55-56(65-59(62)53-50-47-44-41-38-34-27-24-21-18-15-12-9-6-3)54-63-57(60)51-48-45-42-39-36-33-26-23-20-17-14-11-8-5-2/h7,10,16,19,25,28,30-31,34-35,37-38,56H,4-6,8-9,11-15,17-18,20-24,26-27,29,32-33,36,39-55H2,1-3H3/b10-7-,19-16-,28-25-,31-30-,37-35-,38-34-. The van der Waals surface area contributed by atoms with Crippen molar-refractivity contribution in [3.05, 3.63) is 72.9 Å². The van der Waals surface area contributed by atoms with E-state index in [0.717, 1.165) is 109 Å². The number of rotatable bonds is 49. The molecule has 0 N–H and O–H groups in total. The van der Waals surface area contributed by atoms with Crippen LogP contribution in [0.1, 0.15) is 265 Å². The van der Waals surface area contributed by atoms with Crippen LogP contribution in [0.5, 0.6) is 0 Å². The lowest BCUT2D eigenvalue weighted by Gasteiger charge is -2.18. The third kappa shape index (κ3) is 51.7.